The van der Waals surface area contributed by atoms with Crippen molar-refractivity contribution in [1.82, 2.24) is 19.9 Å². The highest BCUT2D eigenvalue weighted by molar-refractivity contribution is 5.73. The summed E-state index contributed by atoms with van der Waals surface area (Å²) in [6.45, 7) is 5.60. The van der Waals surface area contributed by atoms with Gasteiger partial charge in [0.05, 0.1) is 12.3 Å². The van der Waals surface area contributed by atoms with E-state index in [-0.39, 0.29) is 0 Å². The van der Waals surface area contributed by atoms with Crippen LogP contribution in [0.3, 0.4) is 0 Å². The van der Waals surface area contributed by atoms with Gasteiger partial charge < -0.3 is 14.9 Å². The number of hydrogen-bond acceptors (Lipinski definition) is 7. The topological polar surface area (TPSA) is 126 Å². The standard InChI is InChI=1S/C16H20N4O.2C2HF3O2/c1-2-21-16-14-5-9-20(10-6-15(14)18-12-19-16)11-13-3-7-17-8-4-13;2*3-2(4,5)1(6)7/h3-4,7-8,12H,2,5-6,9-11H2,1H3;2*(H,6,7). The van der Waals surface area contributed by atoms with Gasteiger partial charge in [0.2, 0.25) is 5.88 Å². The van der Waals surface area contributed by atoms with Crippen molar-refractivity contribution >= 4 is 11.9 Å². The summed E-state index contributed by atoms with van der Waals surface area (Å²) in [6, 6.07) is 4.15. The van der Waals surface area contributed by atoms with Crippen molar-refractivity contribution < 1.29 is 50.9 Å². The molecule has 2 aromatic rings. The summed E-state index contributed by atoms with van der Waals surface area (Å²) in [6.07, 6.45) is -2.97. The maximum absolute atomic E-state index is 10.6. The summed E-state index contributed by atoms with van der Waals surface area (Å²) in [5.41, 5.74) is 3.61. The van der Waals surface area contributed by atoms with Crippen LogP contribution in [0.4, 0.5) is 26.3 Å². The van der Waals surface area contributed by atoms with E-state index < -0.39 is 24.3 Å². The SMILES string of the molecule is CCOc1ncnc2c1CCN(Cc1ccncc1)CC2.O=C(O)C(F)(F)F.O=C(O)C(F)(F)F. The van der Waals surface area contributed by atoms with Crippen molar-refractivity contribution in [3.63, 3.8) is 0 Å². The molecule has 0 aliphatic carbocycles. The van der Waals surface area contributed by atoms with Crippen LogP contribution in [0.5, 0.6) is 5.88 Å². The summed E-state index contributed by atoms with van der Waals surface area (Å²) in [7, 11) is 0. The average molecular weight is 512 g/mol. The van der Waals surface area contributed by atoms with E-state index in [1.807, 2.05) is 19.3 Å². The number of alkyl halides is 6. The number of hydrogen-bond donors (Lipinski definition) is 2. The molecule has 3 rings (SSSR count). The molecule has 0 bridgehead atoms. The van der Waals surface area contributed by atoms with Crippen LogP contribution >= 0.6 is 0 Å². The molecule has 0 atom stereocenters. The predicted molar refractivity (Wildman–Crippen MR) is 108 cm³/mol. The van der Waals surface area contributed by atoms with Crippen molar-refractivity contribution in [3.8, 4) is 5.88 Å². The largest absolute Gasteiger partial charge is 0.490 e. The van der Waals surface area contributed by atoms with Crippen LogP contribution in [0.2, 0.25) is 0 Å². The second-order valence-corrected chi connectivity index (χ2v) is 6.77. The van der Waals surface area contributed by atoms with Gasteiger partial charge in [0.1, 0.15) is 6.33 Å². The molecule has 0 saturated heterocycles. The zero-order chi connectivity index (χ0) is 26.6. The number of rotatable bonds is 4. The normalized spacial score (nSPS) is 13.7. The third-order valence-corrected chi connectivity index (χ3v) is 4.26. The molecule has 1 aliphatic heterocycles. The van der Waals surface area contributed by atoms with Crippen molar-refractivity contribution in [3.05, 3.63) is 47.7 Å². The van der Waals surface area contributed by atoms with Gasteiger partial charge in [0.15, 0.2) is 0 Å². The van der Waals surface area contributed by atoms with Gasteiger partial charge in [-0.15, -0.1) is 0 Å². The van der Waals surface area contributed by atoms with E-state index in [4.69, 9.17) is 24.5 Å². The van der Waals surface area contributed by atoms with Crippen LogP contribution < -0.4 is 4.74 Å². The molecule has 1 aliphatic rings. The number of halogens is 6. The first kappa shape index (κ1) is 29.5. The van der Waals surface area contributed by atoms with Gasteiger partial charge in [0, 0.05) is 44.0 Å². The number of fused-ring (bicyclic) bond motifs is 1. The fourth-order valence-corrected chi connectivity index (χ4v) is 2.71. The summed E-state index contributed by atoms with van der Waals surface area (Å²) in [5.74, 6) is -4.76. The molecule has 0 spiro atoms. The van der Waals surface area contributed by atoms with Gasteiger partial charge in [-0.05, 0) is 31.0 Å². The summed E-state index contributed by atoms with van der Waals surface area (Å²) in [5, 5.41) is 14.2. The van der Waals surface area contributed by atoms with Gasteiger partial charge in [0.25, 0.3) is 0 Å². The van der Waals surface area contributed by atoms with Crippen LogP contribution in [-0.2, 0) is 29.0 Å². The molecule has 0 aromatic carbocycles. The Morgan fingerprint density at radius 2 is 1.49 bits per heavy atom. The zero-order valence-electron chi connectivity index (χ0n) is 18.3. The molecule has 2 N–H and O–H groups in total. The number of ether oxygens (including phenoxy) is 1. The van der Waals surface area contributed by atoms with Gasteiger partial charge in [-0.1, -0.05) is 0 Å². The van der Waals surface area contributed by atoms with Crippen LogP contribution in [0.1, 0.15) is 23.7 Å². The maximum Gasteiger partial charge on any atom is 0.490 e. The number of carbonyl (C=O) groups is 2. The highest BCUT2D eigenvalue weighted by Gasteiger charge is 2.38. The average Bonchev–Trinajstić information content (AvgIpc) is 2.97. The van der Waals surface area contributed by atoms with E-state index in [2.05, 4.69) is 32.0 Å². The van der Waals surface area contributed by atoms with Gasteiger partial charge in [-0.25, -0.2) is 19.6 Å². The number of aromatic nitrogens is 3. The zero-order valence-corrected chi connectivity index (χ0v) is 18.3. The molecule has 0 saturated carbocycles. The van der Waals surface area contributed by atoms with E-state index >= 15 is 0 Å². The molecule has 2 aromatic heterocycles. The highest BCUT2D eigenvalue weighted by atomic mass is 19.4. The van der Waals surface area contributed by atoms with Crippen LogP contribution in [0.15, 0.2) is 30.9 Å². The number of carboxylic acids is 2. The van der Waals surface area contributed by atoms with E-state index in [1.54, 1.807) is 6.33 Å². The Labute approximate surface area is 195 Å². The molecule has 194 valence electrons. The highest BCUT2D eigenvalue weighted by Crippen LogP contribution is 2.22. The molecule has 3 heterocycles. The van der Waals surface area contributed by atoms with Crippen molar-refractivity contribution in [1.29, 1.82) is 0 Å². The predicted octanol–water partition coefficient (Wildman–Crippen LogP) is 3.14. The minimum atomic E-state index is -5.08. The summed E-state index contributed by atoms with van der Waals surface area (Å²) < 4.78 is 69.1. The molecule has 35 heavy (non-hydrogen) atoms. The number of carboxylic acid groups (broad SMARTS) is 2. The van der Waals surface area contributed by atoms with Gasteiger partial charge >= 0.3 is 24.3 Å². The van der Waals surface area contributed by atoms with Crippen LogP contribution in [0, 0.1) is 0 Å². The molecule has 0 amide bonds. The van der Waals surface area contributed by atoms with Crippen molar-refractivity contribution in [2.75, 3.05) is 19.7 Å². The minimum Gasteiger partial charge on any atom is -0.478 e. The van der Waals surface area contributed by atoms with Crippen LogP contribution in [-0.4, -0.2) is 74.1 Å². The van der Waals surface area contributed by atoms with Crippen LogP contribution in [0.25, 0.3) is 0 Å². The quantitative estimate of drug-likeness (QED) is 0.595. The molecule has 0 fully saturated rings. The third kappa shape index (κ3) is 11.0. The lowest BCUT2D eigenvalue weighted by atomic mass is 10.1. The first-order chi connectivity index (χ1) is 16.3. The fraction of sp³-hybridized carbons (Fsp3) is 0.450. The monoisotopic (exact) mass is 512 g/mol. The lowest BCUT2D eigenvalue weighted by Crippen LogP contribution is -2.25. The third-order valence-electron chi connectivity index (χ3n) is 4.26. The molecule has 15 heteroatoms. The molecule has 9 nitrogen and oxygen atoms in total. The lowest BCUT2D eigenvalue weighted by Gasteiger charge is -2.19. The Bertz CT molecular complexity index is 933. The van der Waals surface area contributed by atoms with E-state index in [0.29, 0.717) is 6.61 Å². The smallest absolute Gasteiger partial charge is 0.478 e. The first-order valence-corrected chi connectivity index (χ1v) is 9.92. The van der Waals surface area contributed by atoms with E-state index in [1.165, 1.54) is 11.1 Å². The maximum atomic E-state index is 10.6. The second-order valence-electron chi connectivity index (χ2n) is 6.77. The Balaban J connectivity index is 0.000000362. The van der Waals surface area contributed by atoms with Crippen molar-refractivity contribution in [2.45, 2.75) is 38.7 Å². The second kappa shape index (κ2) is 13.4. The number of aliphatic carboxylic acids is 2. The Hall–Kier alpha value is -3.49. The lowest BCUT2D eigenvalue weighted by molar-refractivity contribution is -0.193. The molecular weight excluding hydrogens is 490 g/mol. The molecule has 0 unspecified atom stereocenters. The minimum absolute atomic E-state index is 0.643. The summed E-state index contributed by atoms with van der Waals surface area (Å²) in [4.78, 5) is 33.0. The van der Waals surface area contributed by atoms with Gasteiger partial charge in [-0.2, -0.15) is 26.3 Å². The number of nitrogens with zero attached hydrogens (tertiary/aromatic N) is 4. The number of pyridine rings is 1. The fourth-order valence-electron chi connectivity index (χ4n) is 2.71. The van der Waals surface area contributed by atoms with Crippen molar-refractivity contribution in [2.24, 2.45) is 0 Å². The van der Waals surface area contributed by atoms with Gasteiger partial charge in [-0.3, -0.25) is 9.88 Å². The Kier molecular flexibility index (Phi) is 11.3. The van der Waals surface area contributed by atoms with E-state index in [0.717, 1.165) is 44.0 Å². The Morgan fingerprint density at radius 1 is 0.971 bits per heavy atom. The Morgan fingerprint density at radius 3 is 1.97 bits per heavy atom. The molecular formula is C20H22F6N4O5. The summed E-state index contributed by atoms with van der Waals surface area (Å²) >= 11 is 0. The first-order valence-electron chi connectivity index (χ1n) is 9.92. The van der Waals surface area contributed by atoms with E-state index in [9.17, 15) is 26.3 Å². The molecule has 0 radical (unpaired) electrons.